The summed E-state index contributed by atoms with van der Waals surface area (Å²) in [5, 5.41) is 13.3. The Morgan fingerprint density at radius 1 is 1.47 bits per heavy atom. The Labute approximate surface area is 101 Å². The third-order valence-electron chi connectivity index (χ3n) is 3.03. The quantitative estimate of drug-likeness (QED) is 0.785. The molecule has 1 aromatic rings. The number of benzene rings is 1. The van der Waals surface area contributed by atoms with Crippen molar-refractivity contribution >= 4 is 5.91 Å². The Morgan fingerprint density at radius 3 is 2.82 bits per heavy atom. The van der Waals surface area contributed by atoms with E-state index >= 15 is 0 Å². The van der Waals surface area contributed by atoms with Gasteiger partial charge in [0.05, 0.1) is 0 Å². The van der Waals surface area contributed by atoms with Crippen LogP contribution in [-0.4, -0.2) is 41.6 Å². The molecule has 92 valence electrons. The largest absolute Gasteiger partial charge is 0.378 e. The summed E-state index contributed by atoms with van der Waals surface area (Å²) in [7, 11) is 0. The first-order valence-electron chi connectivity index (χ1n) is 5.93. The molecule has 4 heteroatoms. The van der Waals surface area contributed by atoms with Crippen molar-refractivity contribution in [1.82, 2.24) is 10.2 Å². The molecule has 1 fully saturated rings. The number of piperazine rings is 1. The highest BCUT2D eigenvalue weighted by atomic mass is 16.3. The molecule has 0 saturated carbocycles. The van der Waals surface area contributed by atoms with Crippen LogP contribution in [-0.2, 0) is 4.79 Å². The topological polar surface area (TPSA) is 52.6 Å². The summed E-state index contributed by atoms with van der Waals surface area (Å²) in [5.41, 5.74) is 0.656. The number of hydrogen-bond donors (Lipinski definition) is 2. The Morgan fingerprint density at radius 2 is 2.18 bits per heavy atom. The van der Waals surface area contributed by atoms with Crippen molar-refractivity contribution in [3.8, 4) is 0 Å². The summed E-state index contributed by atoms with van der Waals surface area (Å²) in [6, 6.07) is 9.35. The molecule has 1 heterocycles. The summed E-state index contributed by atoms with van der Waals surface area (Å²) < 4.78 is 0. The molecule has 0 aromatic heterocycles. The molecule has 2 rings (SSSR count). The van der Waals surface area contributed by atoms with E-state index in [2.05, 4.69) is 5.32 Å². The van der Waals surface area contributed by atoms with Crippen LogP contribution in [0.4, 0.5) is 0 Å². The first kappa shape index (κ1) is 12.1. The van der Waals surface area contributed by atoms with Crippen LogP contribution in [0.5, 0.6) is 0 Å². The average molecular weight is 234 g/mol. The standard InChI is InChI=1S/C13H18N2O2/c1-10-9-15(8-7-14-10)13(17)12(16)11-5-3-2-4-6-11/h2-6,10,12,14,16H,7-9H2,1H3/t10-,12?/m1/s1. The Bertz CT molecular complexity index is 380. The zero-order chi connectivity index (χ0) is 12.3. The lowest BCUT2D eigenvalue weighted by Crippen LogP contribution is -2.52. The molecule has 1 amide bonds. The molecule has 0 radical (unpaired) electrons. The first-order chi connectivity index (χ1) is 8.18. The van der Waals surface area contributed by atoms with E-state index in [0.29, 0.717) is 18.7 Å². The van der Waals surface area contributed by atoms with Gasteiger partial charge in [0.15, 0.2) is 6.10 Å². The van der Waals surface area contributed by atoms with Crippen molar-refractivity contribution in [2.75, 3.05) is 19.6 Å². The van der Waals surface area contributed by atoms with Gasteiger partial charge in [-0.2, -0.15) is 0 Å². The van der Waals surface area contributed by atoms with Crippen LogP contribution < -0.4 is 5.32 Å². The molecular formula is C13H18N2O2. The van der Waals surface area contributed by atoms with Crippen LogP contribution in [0.15, 0.2) is 30.3 Å². The Balaban J connectivity index is 2.04. The van der Waals surface area contributed by atoms with Crippen molar-refractivity contribution in [3.05, 3.63) is 35.9 Å². The number of aliphatic hydroxyl groups excluding tert-OH is 1. The van der Waals surface area contributed by atoms with Crippen LogP contribution >= 0.6 is 0 Å². The second kappa shape index (κ2) is 5.29. The molecule has 0 bridgehead atoms. The van der Waals surface area contributed by atoms with E-state index in [1.807, 2.05) is 25.1 Å². The van der Waals surface area contributed by atoms with Gasteiger partial charge in [0.2, 0.25) is 0 Å². The molecule has 1 saturated heterocycles. The predicted molar refractivity (Wildman–Crippen MR) is 65.4 cm³/mol. The van der Waals surface area contributed by atoms with Gasteiger partial charge >= 0.3 is 0 Å². The number of hydrogen-bond acceptors (Lipinski definition) is 3. The molecule has 1 aliphatic rings. The number of aliphatic hydroxyl groups is 1. The van der Waals surface area contributed by atoms with E-state index in [1.165, 1.54) is 0 Å². The lowest BCUT2D eigenvalue weighted by atomic mass is 10.1. The molecule has 1 aromatic carbocycles. The minimum atomic E-state index is -1.04. The third kappa shape index (κ3) is 2.84. The van der Waals surface area contributed by atoms with Crippen molar-refractivity contribution in [2.24, 2.45) is 0 Å². The number of carbonyl (C=O) groups is 1. The van der Waals surface area contributed by atoms with Gasteiger partial charge in [-0.05, 0) is 12.5 Å². The van der Waals surface area contributed by atoms with E-state index in [0.717, 1.165) is 6.54 Å². The van der Waals surface area contributed by atoms with Crippen molar-refractivity contribution < 1.29 is 9.90 Å². The zero-order valence-electron chi connectivity index (χ0n) is 9.97. The predicted octanol–water partition coefficient (Wildman–Crippen LogP) is 0.540. The molecule has 1 unspecified atom stereocenters. The van der Waals surface area contributed by atoms with Crippen molar-refractivity contribution in [2.45, 2.75) is 19.1 Å². The molecule has 17 heavy (non-hydrogen) atoms. The van der Waals surface area contributed by atoms with Gasteiger partial charge in [-0.3, -0.25) is 4.79 Å². The molecule has 0 spiro atoms. The first-order valence-corrected chi connectivity index (χ1v) is 5.93. The van der Waals surface area contributed by atoms with Gasteiger partial charge in [0.25, 0.3) is 5.91 Å². The SMILES string of the molecule is C[C@@H]1CN(C(=O)C(O)c2ccccc2)CCN1. The minimum absolute atomic E-state index is 0.204. The highest BCUT2D eigenvalue weighted by Crippen LogP contribution is 2.16. The van der Waals surface area contributed by atoms with Gasteiger partial charge in [0, 0.05) is 25.7 Å². The normalized spacial score (nSPS) is 22.2. The van der Waals surface area contributed by atoms with Gasteiger partial charge in [-0.25, -0.2) is 0 Å². The fourth-order valence-corrected chi connectivity index (χ4v) is 2.08. The maximum Gasteiger partial charge on any atom is 0.256 e. The van der Waals surface area contributed by atoms with Crippen molar-refractivity contribution in [1.29, 1.82) is 0 Å². The molecule has 1 aliphatic heterocycles. The fraction of sp³-hybridized carbons (Fsp3) is 0.462. The maximum atomic E-state index is 12.1. The zero-order valence-corrected chi connectivity index (χ0v) is 9.97. The fourth-order valence-electron chi connectivity index (χ4n) is 2.08. The summed E-state index contributed by atoms with van der Waals surface area (Å²) >= 11 is 0. The highest BCUT2D eigenvalue weighted by Gasteiger charge is 2.26. The number of carbonyl (C=O) groups excluding carboxylic acids is 1. The van der Waals surface area contributed by atoms with Gasteiger partial charge in [0.1, 0.15) is 0 Å². The Kier molecular flexibility index (Phi) is 3.76. The number of rotatable bonds is 2. The number of nitrogens with zero attached hydrogens (tertiary/aromatic N) is 1. The van der Waals surface area contributed by atoms with Crippen LogP contribution in [0.1, 0.15) is 18.6 Å². The Hall–Kier alpha value is -1.39. The van der Waals surface area contributed by atoms with E-state index in [1.54, 1.807) is 17.0 Å². The van der Waals surface area contributed by atoms with Crippen LogP contribution in [0, 0.1) is 0 Å². The third-order valence-corrected chi connectivity index (χ3v) is 3.03. The second-order valence-corrected chi connectivity index (χ2v) is 4.45. The summed E-state index contributed by atoms with van der Waals surface area (Å²) in [4.78, 5) is 13.8. The number of amides is 1. The monoisotopic (exact) mass is 234 g/mol. The van der Waals surface area contributed by atoms with E-state index in [4.69, 9.17) is 0 Å². The lowest BCUT2D eigenvalue weighted by molar-refractivity contribution is -0.141. The molecule has 2 N–H and O–H groups in total. The summed E-state index contributed by atoms with van der Waals surface area (Å²) in [6.45, 7) is 4.14. The van der Waals surface area contributed by atoms with E-state index in [-0.39, 0.29) is 11.9 Å². The summed E-state index contributed by atoms with van der Waals surface area (Å²) in [5.74, 6) is -0.204. The average Bonchev–Trinajstić information content (AvgIpc) is 2.38. The summed E-state index contributed by atoms with van der Waals surface area (Å²) in [6.07, 6.45) is -1.04. The molecular weight excluding hydrogens is 216 g/mol. The molecule has 4 nitrogen and oxygen atoms in total. The lowest BCUT2D eigenvalue weighted by Gasteiger charge is -2.33. The van der Waals surface area contributed by atoms with Crippen molar-refractivity contribution in [3.63, 3.8) is 0 Å². The van der Waals surface area contributed by atoms with Crippen LogP contribution in [0.25, 0.3) is 0 Å². The van der Waals surface area contributed by atoms with Gasteiger partial charge in [-0.1, -0.05) is 30.3 Å². The van der Waals surface area contributed by atoms with Crippen LogP contribution in [0.2, 0.25) is 0 Å². The minimum Gasteiger partial charge on any atom is -0.378 e. The van der Waals surface area contributed by atoms with Crippen LogP contribution in [0.3, 0.4) is 0 Å². The molecule has 0 aliphatic carbocycles. The second-order valence-electron chi connectivity index (χ2n) is 4.45. The van der Waals surface area contributed by atoms with E-state index < -0.39 is 6.10 Å². The maximum absolute atomic E-state index is 12.1. The van der Waals surface area contributed by atoms with Gasteiger partial charge in [-0.15, -0.1) is 0 Å². The highest BCUT2D eigenvalue weighted by molar-refractivity contribution is 5.82. The van der Waals surface area contributed by atoms with Gasteiger partial charge < -0.3 is 15.3 Å². The van der Waals surface area contributed by atoms with E-state index in [9.17, 15) is 9.90 Å². The smallest absolute Gasteiger partial charge is 0.256 e. The number of nitrogens with one attached hydrogen (secondary N) is 1. The molecule has 2 atom stereocenters.